The number of carbonyl (C=O) groups excluding carboxylic acids is 1. The van der Waals surface area contributed by atoms with Crippen molar-refractivity contribution in [2.24, 2.45) is 0 Å². The second-order valence-electron chi connectivity index (χ2n) is 4.29. The van der Waals surface area contributed by atoms with E-state index in [0.717, 1.165) is 4.47 Å². The highest BCUT2D eigenvalue weighted by Gasteiger charge is 2.11. The Morgan fingerprint density at radius 3 is 2.81 bits per heavy atom. The minimum Gasteiger partial charge on any atom is -0.368 e. The van der Waals surface area contributed by atoms with E-state index in [2.05, 4.69) is 31.2 Å². The number of rotatable bonds is 4. The van der Waals surface area contributed by atoms with Gasteiger partial charge >= 0.3 is 0 Å². The third-order valence-electron chi connectivity index (χ3n) is 2.62. The molecule has 0 bridgehead atoms. The number of para-hydroxylation sites is 1. The van der Waals surface area contributed by atoms with Crippen LogP contribution in [0.4, 0.5) is 17.5 Å². The highest BCUT2D eigenvalue weighted by Crippen LogP contribution is 2.21. The molecule has 1 amide bonds. The molecule has 8 heteroatoms. The van der Waals surface area contributed by atoms with Gasteiger partial charge in [0.1, 0.15) is 11.0 Å². The summed E-state index contributed by atoms with van der Waals surface area (Å²) in [4.78, 5) is 21.5. The molecule has 0 saturated heterocycles. The number of aromatic nitrogens is 2. The van der Waals surface area contributed by atoms with Crippen LogP contribution in [0.1, 0.15) is 0 Å². The van der Waals surface area contributed by atoms with Crippen molar-refractivity contribution in [2.75, 3.05) is 29.5 Å². The summed E-state index contributed by atoms with van der Waals surface area (Å²) in [5.41, 5.74) is 6.24. The van der Waals surface area contributed by atoms with Gasteiger partial charge in [-0.15, -0.1) is 0 Å². The molecule has 0 radical (unpaired) electrons. The molecular weight excluding hydrogens is 358 g/mol. The lowest BCUT2D eigenvalue weighted by atomic mass is 10.3. The Labute approximate surface area is 135 Å². The van der Waals surface area contributed by atoms with Crippen molar-refractivity contribution in [3.05, 3.63) is 40.0 Å². The number of hydrogen-bond acceptors (Lipinski definition) is 5. The predicted octanol–water partition coefficient (Wildman–Crippen LogP) is 2.55. The van der Waals surface area contributed by atoms with Crippen molar-refractivity contribution in [1.29, 1.82) is 0 Å². The minimum absolute atomic E-state index is 0.0653. The van der Waals surface area contributed by atoms with Crippen molar-refractivity contribution in [3.63, 3.8) is 0 Å². The smallest absolute Gasteiger partial charge is 0.243 e. The first-order valence-corrected chi connectivity index (χ1v) is 7.18. The van der Waals surface area contributed by atoms with E-state index in [1.165, 1.54) is 0 Å². The van der Waals surface area contributed by atoms with Crippen LogP contribution < -0.4 is 16.0 Å². The molecule has 0 spiro atoms. The molecule has 0 saturated carbocycles. The Morgan fingerprint density at radius 2 is 2.14 bits per heavy atom. The number of carbonyl (C=O) groups is 1. The van der Waals surface area contributed by atoms with Crippen LogP contribution >= 0.6 is 27.5 Å². The molecule has 1 aromatic carbocycles. The number of nitrogens with one attached hydrogen (secondary N) is 1. The molecule has 2 aromatic rings. The van der Waals surface area contributed by atoms with Gasteiger partial charge in [0.2, 0.25) is 11.9 Å². The van der Waals surface area contributed by atoms with Crippen molar-refractivity contribution in [1.82, 2.24) is 9.97 Å². The van der Waals surface area contributed by atoms with Gasteiger partial charge in [0, 0.05) is 17.6 Å². The van der Waals surface area contributed by atoms with Gasteiger partial charge in [-0.25, -0.2) is 4.98 Å². The maximum Gasteiger partial charge on any atom is 0.243 e. The van der Waals surface area contributed by atoms with E-state index >= 15 is 0 Å². The molecular formula is C13H13BrClN5O. The van der Waals surface area contributed by atoms with Crippen molar-refractivity contribution >= 4 is 50.9 Å². The molecule has 0 aliphatic carbocycles. The van der Waals surface area contributed by atoms with Crippen LogP contribution in [0, 0.1) is 0 Å². The Balaban J connectivity index is 2.04. The number of anilines is 3. The number of halogens is 2. The second-order valence-corrected chi connectivity index (χ2v) is 5.53. The number of nitrogens with zero attached hydrogens (tertiary/aromatic N) is 3. The van der Waals surface area contributed by atoms with Gasteiger partial charge in [0.25, 0.3) is 0 Å². The van der Waals surface area contributed by atoms with E-state index in [9.17, 15) is 4.79 Å². The standard InChI is InChI=1S/C13H13BrClN5O/c1-20(11-6-10(15)18-13(16)19-11)7-12(21)17-9-5-3-2-4-8(9)14/h2-6H,7H2,1H3,(H,17,21)(H2,16,18,19). The van der Waals surface area contributed by atoms with E-state index < -0.39 is 0 Å². The third-order valence-corrected chi connectivity index (χ3v) is 3.50. The quantitative estimate of drug-likeness (QED) is 0.808. The van der Waals surface area contributed by atoms with Crippen molar-refractivity contribution in [3.8, 4) is 0 Å². The lowest BCUT2D eigenvalue weighted by Crippen LogP contribution is -2.30. The maximum absolute atomic E-state index is 12.0. The summed E-state index contributed by atoms with van der Waals surface area (Å²) in [6.07, 6.45) is 0. The highest BCUT2D eigenvalue weighted by molar-refractivity contribution is 9.10. The first kappa shape index (κ1) is 15.5. The lowest BCUT2D eigenvalue weighted by molar-refractivity contribution is -0.114. The number of likely N-dealkylation sites (N-methyl/N-ethyl adjacent to an activating group) is 1. The summed E-state index contributed by atoms with van der Waals surface area (Å²) in [6, 6.07) is 8.92. The zero-order valence-electron chi connectivity index (χ0n) is 11.2. The summed E-state index contributed by atoms with van der Waals surface area (Å²) < 4.78 is 0.815. The van der Waals surface area contributed by atoms with E-state index in [4.69, 9.17) is 17.3 Å². The number of benzene rings is 1. The lowest BCUT2D eigenvalue weighted by Gasteiger charge is -2.18. The van der Waals surface area contributed by atoms with Gasteiger partial charge in [-0.1, -0.05) is 23.7 Å². The molecule has 0 fully saturated rings. The van der Waals surface area contributed by atoms with E-state index in [-0.39, 0.29) is 23.6 Å². The molecule has 2 rings (SSSR count). The molecule has 0 aliphatic heterocycles. The fraction of sp³-hybridized carbons (Fsp3) is 0.154. The van der Waals surface area contributed by atoms with E-state index in [1.54, 1.807) is 18.0 Å². The average Bonchev–Trinajstić information content (AvgIpc) is 2.40. The topological polar surface area (TPSA) is 84.1 Å². The number of nitrogen functional groups attached to an aromatic ring is 1. The fourth-order valence-electron chi connectivity index (χ4n) is 1.67. The predicted molar refractivity (Wildman–Crippen MR) is 87.5 cm³/mol. The monoisotopic (exact) mass is 369 g/mol. The highest BCUT2D eigenvalue weighted by atomic mass is 79.9. The largest absolute Gasteiger partial charge is 0.368 e. The van der Waals surface area contributed by atoms with Crippen LogP contribution in [0.5, 0.6) is 0 Å². The van der Waals surface area contributed by atoms with Gasteiger partial charge in [-0.05, 0) is 28.1 Å². The molecule has 6 nitrogen and oxygen atoms in total. The van der Waals surface area contributed by atoms with Gasteiger partial charge < -0.3 is 16.0 Å². The molecule has 1 aromatic heterocycles. The summed E-state index contributed by atoms with van der Waals surface area (Å²) in [5, 5.41) is 3.04. The Bertz CT molecular complexity index is 647. The van der Waals surface area contributed by atoms with Gasteiger partial charge in [-0.2, -0.15) is 4.98 Å². The van der Waals surface area contributed by atoms with Crippen LogP contribution in [0.25, 0.3) is 0 Å². The summed E-state index contributed by atoms with van der Waals surface area (Å²) in [5.74, 6) is 0.364. The van der Waals surface area contributed by atoms with Crippen LogP contribution in [0.3, 0.4) is 0 Å². The van der Waals surface area contributed by atoms with Gasteiger partial charge in [0.05, 0.1) is 12.2 Å². The van der Waals surface area contributed by atoms with Crippen molar-refractivity contribution < 1.29 is 4.79 Å². The molecule has 3 N–H and O–H groups in total. The molecule has 1 heterocycles. The van der Waals surface area contributed by atoms with Crippen LogP contribution in [-0.4, -0.2) is 29.5 Å². The average molecular weight is 371 g/mol. The molecule has 0 unspecified atom stereocenters. The zero-order valence-corrected chi connectivity index (χ0v) is 13.5. The van der Waals surface area contributed by atoms with E-state index in [0.29, 0.717) is 11.5 Å². The van der Waals surface area contributed by atoms with Crippen LogP contribution in [-0.2, 0) is 4.79 Å². The normalized spacial score (nSPS) is 10.2. The SMILES string of the molecule is CN(CC(=O)Nc1ccccc1Br)c1cc(Cl)nc(N)n1. The zero-order chi connectivity index (χ0) is 15.4. The fourth-order valence-corrected chi connectivity index (χ4v) is 2.24. The minimum atomic E-state index is -0.183. The maximum atomic E-state index is 12.0. The molecule has 0 aliphatic rings. The van der Waals surface area contributed by atoms with Crippen LogP contribution in [0.2, 0.25) is 5.15 Å². The third kappa shape index (κ3) is 4.30. The first-order valence-electron chi connectivity index (χ1n) is 6.01. The number of nitrogens with two attached hydrogens (primary N) is 1. The number of amides is 1. The summed E-state index contributed by atoms with van der Waals surface area (Å²) >= 11 is 9.19. The van der Waals surface area contributed by atoms with Gasteiger partial charge in [-0.3, -0.25) is 4.79 Å². The van der Waals surface area contributed by atoms with Crippen molar-refractivity contribution in [2.45, 2.75) is 0 Å². The molecule has 0 atom stereocenters. The van der Waals surface area contributed by atoms with Gasteiger partial charge in [0.15, 0.2) is 0 Å². The Kier molecular flexibility index (Phi) is 4.98. The second kappa shape index (κ2) is 6.73. The number of hydrogen-bond donors (Lipinski definition) is 2. The Hall–Kier alpha value is -1.86. The van der Waals surface area contributed by atoms with E-state index in [1.807, 2.05) is 24.3 Å². The summed E-state index contributed by atoms with van der Waals surface area (Å²) in [6.45, 7) is 0.105. The molecule has 110 valence electrons. The van der Waals surface area contributed by atoms with Crippen LogP contribution in [0.15, 0.2) is 34.8 Å². The Morgan fingerprint density at radius 1 is 1.43 bits per heavy atom. The summed E-state index contributed by atoms with van der Waals surface area (Å²) in [7, 11) is 1.72. The molecule has 21 heavy (non-hydrogen) atoms. The first-order chi connectivity index (χ1) is 9.95.